The van der Waals surface area contributed by atoms with Crippen LogP contribution in [0.15, 0.2) is 72.9 Å². The summed E-state index contributed by atoms with van der Waals surface area (Å²) in [5, 5.41) is 0. The average Bonchev–Trinajstić information content (AvgIpc) is 2.95. The number of hydrogen-bond donors (Lipinski definition) is 0. The molecular weight excluding hydrogens is 456 g/mol. The fraction of sp³-hybridized carbons (Fsp3) is 0.276. The largest absolute Gasteiger partial charge is 0.487 e. The van der Waals surface area contributed by atoms with Gasteiger partial charge in [0.1, 0.15) is 25.6 Å². The van der Waals surface area contributed by atoms with Crippen LogP contribution in [-0.2, 0) is 11.4 Å². The van der Waals surface area contributed by atoms with Crippen molar-refractivity contribution >= 4 is 17.8 Å². The number of ether oxygens (including phenoxy) is 3. The van der Waals surface area contributed by atoms with Gasteiger partial charge >= 0.3 is 0 Å². The highest BCUT2D eigenvalue weighted by Crippen LogP contribution is 2.32. The van der Waals surface area contributed by atoms with Gasteiger partial charge in [0.25, 0.3) is 0 Å². The number of rotatable bonds is 7. The normalized spacial score (nSPS) is 15.6. The number of hydrogen-bond acceptors (Lipinski definition) is 6. The van der Waals surface area contributed by atoms with E-state index in [1.807, 2.05) is 42.5 Å². The Hall–Kier alpha value is -4.13. The first-order valence-electron chi connectivity index (χ1n) is 12.2. The van der Waals surface area contributed by atoms with Crippen molar-refractivity contribution in [3.8, 4) is 17.2 Å². The number of nitrogens with zero attached hydrogens (tertiary/aromatic N) is 2. The molecule has 7 nitrogen and oxygen atoms in total. The summed E-state index contributed by atoms with van der Waals surface area (Å²) in [7, 11) is 0. The van der Waals surface area contributed by atoms with Crippen LogP contribution in [0.2, 0.25) is 0 Å². The number of amides is 1. The van der Waals surface area contributed by atoms with Crippen LogP contribution >= 0.6 is 0 Å². The van der Waals surface area contributed by atoms with Crippen LogP contribution in [0, 0.1) is 5.92 Å². The van der Waals surface area contributed by atoms with Gasteiger partial charge in [-0.05, 0) is 66.9 Å². The van der Waals surface area contributed by atoms with E-state index in [0.717, 1.165) is 17.0 Å². The first-order chi connectivity index (χ1) is 17.7. The third-order valence-electron chi connectivity index (χ3n) is 6.42. The standard InChI is InChI=1S/C29H28N2O5/c32-28(11-6-21-4-8-25(9-5-21)36-20-24-3-1-2-14-30-24)31-15-12-22(13-16-31)29(33)23-7-10-26-27(19-23)35-18-17-34-26/h1-11,14,19,22H,12-13,15-18,20H2/b11-6+. The number of ketones is 1. The molecule has 0 bridgehead atoms. The predicted octanol–water partition coefficient (Wildman–Crippen LogP) is 4.57. The molecule has 5 rings (SSSR count). The predicted molar refractivity (Wildman–Crippen MR) is 135 cm³/mol. The summed E-state index contributed by atoms with van der Waals surface area (Å²) in [6.45, 7) is 2.53. The van der Waals surface area contributed by atoms with Gasteiger partial charge in [0.05, 0.1) is 5.69 Å². The first kappa shape index (κ1) is 23.6. The van der Waals surface area contributed by atoms with Gasteiger partial charge in [-0.2, -0.15) is 0 Å². The van der Waals surface area contributed by atoms with E-state index in [-0.39, 0.29) is 17.6 Å². The molecule has 0 N–H and O–H groups in total. The fourth-order valence-corrected chi connectivity index (χ4v) is 4.38. The molecule has 1 fully saturated rings. The summed E-state index contributed by atoms with van der Waals surface area (Å²) in [6.07, 6.45) is 6.43. The van der Waals surface area contributed by atoms with Crippen molar-refractivity contribution in [1.82, 2.24) is 9.88 Å². The minimum absolute atomic E-state index is 0.0456. The van der Waals surface area contributed by atoms with Gasteiger partial charge in [-0.1, -0.05) is 18.2 Å². The molecular formula is C29H28N2O5. The zero-order valence-electron chi connectivity index (χ0n) is 20.0. The maximum absolute atomic E-state index is 13.0. The molecule has 7 heteroatoms. The minimum atomic E-state index is -0.0979. The maximum Gasteiger partial charge on any atom is 0.246 e. The minimum Gasteiger partial charge on any atom is -0.487 e. The molecule has 0 unspecified atom stereocenters. The lowest BCUT2D eigenvalue weighted by Crippen LogP contribution is -2.39. The van der Waals surface area contributed by atoms with Gasteiger partial charge in [-0.15, -0.1) is 0 Å². The Kier molecular flexibility index (Phi) is 7.26. The first-order valence-corrected chi connectivity index (χ1v) is 12.2. The summed E-state index contributed by atoms with van der Waals surface area (Å²) < 4.78 is 16.9. The van der Waals surface area contributed by atoms with Crippen LogP contribution in [0.3, 0.4) is 0 Å². The molecule has 2 aliphatic heterocycles. The Morgan fingerprint density at radius 3 is 2.50 bits per heavy atom. The summed E-state index contributed by atoms with van der Waals surface area (Å²) >= 11 is 0. The van der Waals surface area contributed by atoms with E-state index in [1.54, 1.807) is 41.4 Å². The molecule has 36 heavy (non-hydrogen) atoms. The Balaban J connectivity index is 1.10. The molecule has 1 saturated heterocycles. The number of fused-ring (bicyclic) bond motifs is 1. The molecule has 1 aromatic heterocycles. The molecule has 1 amide bonds. The second kappa shape index (κ2) is 11.1. The molecule has 0 spiro atoms. The number of carbonyl (C=O) groups excluding carboxylic acids is 2. The van der Waals surface area contributed by atoms with Gasteiger partial charge in [-0.25, -0.2) is 0 Å². The number of aromatic nitrogens is 1. The highest BCUT2D eigenvalue weighted by atomic mass is 16.6. The van der Waals surface area contributed by atoms with Crippen LogP contribution in [-0.4, -0.2) is 47.9 Å². The lowest BCUT2D eigenvalue weighted by Gasteiger charge is -2.30. The number of carbonyl (C=O) groups is 2. The monoisotopic (exact) mass is 484 g/mol. The van der Waals surface area contributed by atoms with Gasteiger partial charge in [0, 0.05) is 36.8 Å². The molecule has 0 atom stereocenters. The third kappa shape index (κ3) is 5.74. The van der Waals surface area contributed by atoms with Crippen molar-refractivity contribution in [3.63, 3.8) is 0 Å². The van der Waals surface area contributed by atoms with E-state index < -0.39 is 0 Å². The second-order valence-electron chi connectivity index (χ2n) is 8.83. The van der Waals surface area contributed by atoms with Gasteiger partial charge in [0.2, 0.25) is 5.91 Å². The molecule has 0 radical (unpaired) electrons. The average molecular weight is 485 g/mol. The van der Waals surface area contributed by atoms with Crippen molar-refractivity contribution in [2.24, 2.45) is 5.92 Å². The number of pyridine rings is 1. The molecule has 2 aliphatic rings. The lowest BCUT2D eigenvalue weighted by molar-refractivity contribution is -0.127. The van der Waals surface area contributed by atoms with Crippen molar-refractivity contribution in [3.05, 3.63) is 89.8 Å². The van der Waals surface area contributed by atoms with Crippen LogP contribution in [0.4, 0.5) is 0 Å². The lowest BCUT2D eigenvalue weighted by atomic mass is 9.88. The molecule has 3 heterocycles. The highest BCUT2D eigenvalue weighted by Gasteiger charge is 2.28. The SMILES string of the molecule is O=C(c1ccc2c(c1)OCCO2)C1CCN(C(=O)/C=C/c2ccc(OCc3ccccn3)cc2)CC1. The van der Waals surface area contributed by atoms with Crippen molar-refractivity contribution < 1.29 is 23.8 Å². The van der Waals surface area contributed by atoms with E-state index in [1.165, 1.54) is 0 Å². The molecule has 2 aromatic carbocycles. The number of Topliss-reactive ketones (excluding diaryl/α,β-unsaturated/α-hetero) is 1. The van der Waals surface area contributed by atoms with Crippen LogP contribution < -0.4 is 14.2 Å². The summed E-state index contributed by atoms with van der Waals surface area (Å²) in [6, 6.07) is 18.7. The second-order valence-corrected chi connectivity index (χ2v) is 8.83. The number of piperidine rings is 1. The third-order valence-corrected chi connectivity index (χ3v) is 6.42. The van der Waals surface area contributed by atoms with Crippen LogP contribution in [0.25, 0.3) is 6.08 Å². The van der Waals surface area contributed by atoms with Gasteiger partial charge in [-0.3, -0.25) is 14.6 Å². The van der Waals surface area contributed by atoms with Gasteiger partial charge < -0.3 is 19.1 Å². The number of likely N-dealkylation sites (tertiary alicyclic amines) is 1. The maximum atomic E-state index is 13.0. The van der Waals surface area contributed by atoms with Crippen molar-refractivity contribution in [1.29, 1.82) is 0 Å². The summed E-state index contributed by atoms with van der Waals surface area (Å²) in [4.78, 5) is 31.7. The van der Waals surface area contributed by atoms with Crippen molar-refractivity contribution in [2.45, 2.75) is 19.4 Å². The van der Waals surface area contributed by atoms with Gasteiger partial charge in [0.15, 0.2) is 17.3 Å². The Bertz CT molecular complexity index is 1230. The van der Waals surface area contributed by atoms with Crippen LogP contribution in [0.1, 0.15) is 34.5 Å². The Morgan fingerprint density at radius 2 is 1.75 bits per heavy atom. The summed E-state index contributed by atoms with van der Waals surface area (Å²) in [5.41, 5.74) is 2.41. The molecule has 184 valence electrons. The smallest absolute Gasteiger partial charge is 0.246 e. The topological polar surface area (TPSA) is 78.0 Å². The Morgan fingerprint density at radius 1 is 0.972 bits per heavy atom. The zero-order chi connectivity index (χ0) is 24.7. The van der Waals surface area contributed by atoms with E-state index in [4.69, 9.17) is 14.2 Å². The summed E-state index contributed by atoms with van der Waals surface area (Å²) in [5.74, 6) is 2.00. The fourth-order valence-electron chi connectivity index (χ4n) is 4.38. The molecule has 3 aromatic rings. The zero-order valence-corrected chi connectivity index (χ0v) is 20.0. The molecule has 0 aliphatic carbocycles. The highest BCUT2D eigenvalue weighted by molar-refractivity contribution is 5.99. The van der Waals surface area contributed by atoms with Crippen LogP contribution in [0.5, 0.6) is 17.2 Å². The number of benzene rings is 2. The van der Waals surface area contributed by atoms with E-state index in [2.05, 4.69) is 4.98 Å². The quantitative estimate of drug-likeness (QED) is 0.361. The van der Waals surface area contributed by atoms with Crippen molar-refractivity contribution in [2.75, 3.05) is 26.3 Å². The Labute approximate surface area is 210 Å². The van der Waals surface area contributed by atoms with E-state index in [9.17, 15) is 9.59 Å². The molecule has 0 saturated carbocycles. The van der Waals surface area contributed by atoms with E-state index >= 15 is 0 Å². The van der Waals surface area contributed by atoms with E-state index in [0.29, 0.717) is 62.8 Å².